The molecule has 2 aromatic rings. The molecule has 0 radical (unpaired) electrons. The van der Waals surface area contributed by atoms with Crippen LogP contribution >= 0.6 is 0 Å². The van der Waals surface area contributed by atoms with Crippen molar-refractivity contribution < 1.29 is 4.79 Å². The number of unbranched alkanes of at least 4 members (excludes halogenated alkanes) is 14. The van der Waals surface area contributed by atoms with Crippen molar-refractivity contribution >= 4 is 17.4 Å². The minimum Gasteiger partial charge on any atom is -0.294 e. The third kappa shape index (κ3) is 12.1. The van der Waals surface area contributed by atoms with Crippen LogP contribution in [0.2, 0.25) is 0 Å². The van der Waals surface area contributed by atoms with E-state index in [1.165, 1.54) is 89.9 Å². The van der Waals surface area contributed by atoms with E-state index in [-0.39, 0.29) is 6.03 Å². The predicted molar refractivity (Wildman–Crippen MR) is 158 cm³/mol. The minimum atomic E-state index is 0.110. The summed E-state index contributed by atoms with van der Waals surface area (Å²) in [5, 5.41) is 0. The molecule has 0 aliphatic carbocycles. The second kappa shape index (κ2) is 19.8. The lowest BCUT2D eigenvalue weighted by molar-refractivity contribution is 0.251. The number of urea groups is 1. The Morgan fingerprint density at radius 2 is 0.778 bits per heavy atom. The number of nitrogens with zero attached hydrogens (tertiary/aromatic N) is 2. The van der Waals surface area contributed by atoms with Gasteiger partial charge < -0.3 is 0 Å². The van der Waals surface area contributed by atoms with Gasteiger partial charge in [-0.15, -0.1) is 0 Å². The first-order chi connectivity index (χ1) is 17.8. The van der Waals surface area contributed by atoms with E-state index in [1.54, 1.807) is 0 Å². The molecule has 0 bridgehead atoms. The first-order valence-corrected chi connectivity index (χ1v) is 15.0. The fraction of sp³-hybridized carbons (Fsp3) is 0.606. The second-order valence-electron chi connectivity index (χ2n) is 10.2. The van der Waals surface area contributed by atoms with Crippen molar-refractivity contribution in [2.24, 2.45) is 0 Å². The Labute approximate surface area is 222 Å². The summed E-state index contributed by atoms with van der Waals surface area (Å²) in [4.78, 5) is 18.0. The van der Waals surface area contributed by atoms with Gasteiger partial charge in [0.25, 0.3) is 0 Å². The van der Waals surface area contributed by atoms with Crippen LogP contribution in [0, 0.1) is 0 Å². The van der Waals surface area contributed by atoms with Gasteiger partial charge in [-0.3, -0.25) is 9.80 Å². The van der Waals surface area contributed by atoms with Crippen molar-refractivity contribution in [1.82, 2.24) is 0 Å². The molecule has 2 aromatic carbocycles. The smallest absolute Gasteiger partial charge is 0.294 e. The summed E-state index contributed by atoms with van der Waals surface area (Å²) in [6.45, 7) is 6.09. The molecule has 0 spiro atoms. The van der Waals surface area contributed by atoms with E-state index >= 15 is 0 Å². The molecule has 36 heavy (non-hydrogen) atoms. The Hall–Kier alpha value is -2.29. The Balaban J connectivity index is 1.96. The maximum absolute atomic E-state index is 14.0. The van der Waals surface area contributed by atoms with Gasteiger partial charge in [0.05, 0.1) is 0 Å². The highest BCUT2D eigenvalue weighted by Crippen LogP contribution is 2.22. The van der Waals surface area contributed by atoms with E-state index < -0.39 is 0 Å². The molecule has 3 nitrogen and oxygen atoms in total. The predicted octanol–water partition coefficient (Wildman–Crippen LogP) is 10.4. The fourth-order valence-corrected chi connectivity index (χ4v) is 4.84. The Bertz CT molecular complexity index is 711. The van der Waals surface area contributed by atoms with E-state index in [4.69, 9.17) is 0 Å². The molecule has 0 N–H and O–H groups in total. The maximum atomic E-state index is 14.0. The minimum absolute atomic E-state index is 0.110. The summed E-state index contributed by atoms with van der Waals surface area (Å²) in [5.74, 6) is 0. The highest BCUT2D eigenvalue weighted by molar-refractivity contribution is 6.03. The van der Waals surface area contributed by atoms with E-state index in [0.717, 1.165) is 37.3 Å². The molecule has 200 valence electrons. The molecule has 0 fully saturated rings. The van der Waals surface area contributed by atoms with E-state index in [9.17, 15) is 4.79 Å². The molecule has 0 aromatic heterocycles. The van der Waals surface area contributed by atoms with Crippen LogP contribution in [-0.2, 0) is 0 Å². The van der Waals surface area contributed by atoms with Crippen molar-refractivity contribution in [2.45, 2.75) is 117 Å². The zero-order valence-electron chi connectivity index (χ0n) is 23.3. The van der Waals surface area contributed by atoms with E-state index in [2.05, 4.69) is 38.1 Å². The van der Waals surface area contributed by atoms with Crippen LogP contribution in [0.1, 0.15) is 117 Å². The van der Waals surface area contributed by atoms with Gasteiger partial charge in [0.15, 0.2) is 0 Å². The largest absolute Gasteiger partial charge is 0.328 e. The van der Waals surface area contributed by atoms with Crippen molar-refractivity contribution in [3.8, 4) is 0 Å². The topological polar surface area (TPSA) is 23.6 Å². The zero-order valence-corrected chi connectivity index (χ0v) is 23.3. The molecular weight excluding hydrogens is 440 g/mol. The first kappa shape index (κ1) is 29.9. The monoisotopic (exact) mass is 492 g/mol. The van der Waals surface area contributed by atoms with E-state index in [1.807, 2.05) is 46.2 Å². The maximum Gasteiger partial charge on any atom is 0.328 e. The molecule has 0 saturated heterocycles. The Morgan fingerprint density at radius 3 is 1.11 bits per heavy atom. The summed E-state index contributed by atoms with van der Waals surface area (Å²) >= 11 is 0. The van der Waals surface area contributed by atoms with Crippen molar-refractivity contribution in [2.75, 3.05) is 22.9 Å². The Kier molecular flexibility index (Phi) is 16.5. The summed E-state index contributed by atoms with van der Waals surface area (Å²) in [6, 6.07) is 20.6. The number of carbonyl (C=O) groups excluding carboxylic acids is 1. The van der Waals surface area contributed by atoms with Crippen molar-refractivity contribution in [3.05, 3.63) is 60.7 Å². The third-order valence-electron chi connectivity index (χ3n) is 7.07. The number of hydrogen-bond donors (Lipinski definition) is 0. The van der Waals surface area contributed by atoms with Gasteiger partial charge in [0.1, 0.15) is 0 Å². The van der Waals surface area contributed by atoms with E-state index in [0.29, 0.717) is 0 Å². The van der Waals surface area contributed by atoms with Crippen LogP contribution in [0.25, 0.3) is 0 Å². The molecule has 0 saturated carbocycles. The average Bonchev–Trinajstić information content (AvgIpc) is 2.92. The van der Waals surface area contributed by atoms with Crippen LogP contribution < -0.4 is 9.80 Å². The molecule has 0 aliphatic rings. The number of hydrogen-bond acceptors (Lipinski definition) is 1. The van der Waals surface area contributed by atoms with Crippen LogP contribution in [0.5, 0.6) is 0 Å². The van der Waals surface area contributed by atoms with Gasteiger partial charge in [-0.2, -0.15) is 0 Å². The highest BCUT2D eigenvalue weighted by atomic mass is 16.2. The SMILES string of the molecule is CCCCCCCCCCN(C(=O)N(CCCCCCCCCC)c1ccccc1)c1ccccc1. The number of benzene rings is 2. The van der Waals surface area contributed by atoms with Gasteiger partial charge in [-0.05, 0) is 37.1 Å². The van der Waals surface area contributed by atoms with Crippen LogP contribution in [0.3, 0.4) is 0 Å². The normalized spacial score (nSPS) is 10.9. The molecule has 2 amide bonds. The summed E-state index contributed by atoms with van der Waals surface area (Å²) in [6.07, 6.45) is 20.3. The molecule has 0 aliphatic heterocycles. The zero-order chi connectivity index (χ0) is 25.7. The lowest BCUT2D eigenvalue weighted by Gasteiger charge is -2.31. The van der Waals surface area contributed by atoms with Crippen LogP contribution in [-0.4, -0.2) is 19.1 Å². The van der Waals surface area contributed by atoms with Crippen molar-refractivity contribution in [3.63, 3.8) is 0 Å². The third-order valence-corrected chi connectivity index (χ3v) is 7.07. The first-order valence-electron chi connectivity index (χ1n) is 15.0. The molecular formula is C33H52N2O. The van der Waals surface area contributed by atoms with Gasteiger partial charge in [0.2, 0.25) is 0 Å². The molecule has 3 heteroatoms. The summed E-state index contributed by atoms with van der Waals surface area (Å²) in [7, 11) is 0. The average molecular weight is 493 g/mol. The quantitative estimate of drug-likeness (QED) is 0.169. The van der Waals surface area contributed by atoms with Gasteiger partial charge >= 0.3 is 6.03 Å². The van der Waals surface area contributed by atoms with Crippen molar-refractivity contribution in [1.29, 1.82) is 0 Å². The molecule has 2 rings (SSSR count). The number of carbonyl (C=O) groups is 1. The van der Waals surface area contributed by atoms with Crippen LogP contribution in [0.4, 0.5) is 16.2 Å². The molecule has 0 heterocycles. The number of para-hydroxylation sites is 2. The molecule has 0 atom stereocenters. The lowest BCUT2D eigenvalue weighted by Crippen LogP contribution is -2.44. The van der Waals surface area contributed by atoms with Gasteiger partial charge in [-0.25, -0.2) is 4.79 Å². The fourth-order valence-electron chi connectivity index (χ4n) is 4.84. The number of rotatable bonds is 20. The van der Waals surface area contributed by atoms with Crippen LogP contribution in [0.15, 0.2) is 60.7 Å². The number of anilines is 2. The number of amides is 2. The second-order valence-corrected chi connectivity index (χ2v) is 10.2. The summed E-state index contributed by atoms with van der Waals surface area (Å²) in [5.41, 5.74) is 2.00. The summed E-state index contributed by atoms with van der Waals surface area (Å²) < 4.78 is 0. The van der Waals surface area contributed by atoms with Gasteiger partial charge in [0, 0.05) is 24.5 Å². The Morgan fingerprint density at radius 1 is 0.472 bits per heavy atom. The highest BCUT2D eigenvalue weighted by Gasteiger charge is 2.23. The van der Waals surface area contributed by atoms with Gasteiger partial charge in [-0.1, -0.05) is 140 Å². The molecule has 0 unspecified atom stereocenters. The lowest BCUT2D eigenvalue weighted by atomic mass is 10.1. The standard InChI is InChI=1S/C33H52N2O/c1-3-5-7-9-11-13-15-23-29-34(31-25-19-17-20-26-31)33(36)35(32-27-21-18-22-28-32)30-24-16-14-12-10-8-6-4-2/h17-22,25-28H,3-16,23-24,29-30H2,1-2H3.